The Morgan fingerprint density at radius 3 is 3.04 bits per heavy atom. The van der Waals surface area contributed by atoms with Gasteiger partial charge in [-0.2, -0.15) is 0 Å². The van der Waals surface area contributed by atoms with Gasteiger partial charge in [-0.3, -0.25) is 4.90 Å². The molecular weight excluding hydrogens is 308 g/mol. The van der Waals surface area contributed by atoms with Gasteiger partial charge in [-0.15, -0.1) is 0 Å². The van der Waals surface area contributed by atoms with Gasteiger partial charge in [-0.05, 0) is 55.3 Å². The second kappa shape index (κ2) is 5.99. The van der Waals surface area contributed by atoms with Crippen LogP contribution in [0.4, 0.5) is 0 Å². The van der Waals surface area contributed by atoms with Crippen LogP contribution in [0.15, 0.2) is 46.9 Å². The first-order chi connectivity index (χ1) is 11.2. The van der Waals surface area contributed by atoms with Gasteiger partial charge in [0.1, 0.15) is 5.52 Å². The third-order valence-corrected chi connectivity index (χ3v) is 4.71. The number of likely N-dealkylation sites (tertiary alicyclic amines) is 1. The van der Waals surface area contributed by atoms with Crippen molar-refractivity contribution in [2.45, 2.75) is 25.8 Å². The molecule has 0 spiro atoms. The standard InChI is InChI=1S/C19H19ClN2O/c1-13-5-6-18-17(9-13)21-19(23-18)15-7-8-22(12-15)11-14-3-2-4-16(20)10-14/h2-6,9-10,15H,7-8,11-12H2,1H3/t15-/m0/s1. The Morgan fingerprint density at radius 1 is 1.26 bits per heavy atom. The average Bonchev–Trinajstić information content (AvgIpc) is 3.13. The number of oxazole rings is 1. The Labute approximate surface area is 140 Å². The summed E-state index contributed by atoms with van der Waals surface area (Å²) in [7, 11) is 0. The van der Waals surface area contributed by atoms with E-state index in [0.717, 1.165) is 48.1 Å². The van der Waals surface area contributed by atoms with E-state index < -0.39 is 0 Å². The number of hydrogen-bond acceptors (Lipinski definition) is 3. The highest BCUT2D eigenvalue weighted by atomic mass is 35.5. The molecule has 3 aromatic rings. The van der Waals surface area contributed by atoms with Crippen LogP contribution in [-0.4, -0.2) is 23.0 Å². The summed E-state index contributed by atoms with van der Waals surface area (Å²) < 4.78 is 5.97. The molecule has 0 aliphatic carbocycles. The van der Waals surface area contributed by atoms with Crippen molar-refractivity contribution in [3.05, 3.63) is 64.5 Å². The van der Waals surface area contributed by atoms with Crippen molar-refractivity contribution in [1.29, 1.82) is 0 Å². The van der Waals surface area contributed by atoms with Gasteiger partial charge in [0.25, 0.3) is 0 Å². The monoisotopic (exact) mass is 326 g/mol. The fraction of sp³-hybridized carbons (Fsp3) is 0.316. The van der Waals surface area contributed by atoms with Crippen LogP contribution >= 0.6 is 11.6 Å². The first kappa shape index (κ1) is 14.7. The Bertz CT molecular complexity index is 842. The maximum absolute atomic E-state index is 6.07. The van der Waals surface area contributed by atoms with Crippen LogP contribution in [0.2, 0.25) is 5.02 Å². The molecule has 0 N–H and O–H groups in total. The highest BCUT2D eigenvalue weighted by molar-refractivity contribution is 6.30. The lowest BCUT2D eigenvalue weighted by atomic mass is 10.1. The number of rotatable bonds is 3. The molecule has 2 heterocycles. The quantitative estimate of drug-likeness (QED) is 0.693. The SMILES string of the molecule is Cc1ccc2oc([C@H]3CCN(Cc4cccc(Cl)c4)C3)nc2c1. The normalized spacial score (nSPS) is 18.8. The molecule has 1 fully saturated rings. The summed E-state index contributed by atoms with van der Waals surface area (Å²) in [6.07, 6.45) is 1.09. The van der Waals surface area contributed by atoms with E-state index in [4.69, 9.17) is 21.0 Å². The van der Waals surface area contributed by atoms with E-state index in [1.165, 1.54) is 11.1 Å². The molecule has 0 amide bonds. The third-order valence-electron chi connectivity index (χ3n) is 4.48. The Kier molecular flexibility index (Phi) is 3.83. The minimum absolute atomic E-state index is 0.377. The van der Waals surface area contributed by atoms with Gasteiger partial charge in [0.15, 0.2) is 11.5 Å². The largest absolute Gasteiger partial charge is 0.440 e. The highest BCUT2D eigenvalue weighted by Crippen LogP contribution is 2.30. The third kappa shape index (κ3) is 3.12. The van der Waals surface area contributed by atoms with E-state index in [0.29, 0.717) is 5.92 Å². The second-order valence-corrected chi connectivity index (χ2v) is 6.81. The molecule has 0 saturated carbocycles. The number of aromatic nitrogens is 1. The maximum atomic E-state index is 6.07. The van der Waals surface area contributed by atoms with Crippen LogP contribution in [0.25, 0.3) is 11.1 Å². The summed E-state index contributed by atoms with van der Waals surface area (Å²) in [6.45, 7) is 5.06. The Balaban J connectivity index is 1.48. The molecule has 0 bridgehead atoms. The number of nitrogens with zero attached hydrogens (tertiary/aromatic N) is 2. The lowest BCUT2D eigenvalue weighted by Gasteiger charge is -2.15. The van der Waals surface area contributed by atoms with Crippen LogP contribution < -0.4 is 0 Å². The lowest BCUT2D eigenvalue weighted by molar-refractivity contribution is 0.321. The molecule has 4 rings (SSSR count). The predicted molar refractivity (Wildman–Crippen MR) is 92.8 cm³/mol. The van der Waals surface area contributed by atoms with Gasteiger partial charge < -0.3 is 4.42 Å². The van der Waals surface area contributed by atoms with Crippen LogP contribution in [0.5, 0.6) is 0 Å². The molecular formula is C19H19ClN2O. The van der Waals surface area contributed by atoms with Gasteiger partial charge in [0, 0.05) is 24.0 Å². The summed E-state index contributed by atoms with van der Waals surface area (Å²) in [5, 5.41) is 0.799. The van der Waals surface area contributed by atoms with Crippen molar-refractivity contribution in [2.75, 3.05) is 13.1 Å². The van der Waals surface area contributed by atoms with Crippen molar-refractivity contribution in [3.63, 3.8) is 0 Å². The fourth-order valence-corrected chi connectivity index (χ4v) is 3.51. The number of hydrogen-bond donors (Lipinski definition) is 0. The summed E-state index contributed by atoms with van der Waals surface area (Å²) in [6, 6.07) is 14.3. The van der Waals surface area contributed by atoms with E-state index in [-0.39, 0.29) is 0 Å². The van der Waals surface area contributed by atoms with Gasteiger partial charge in [0.2, 0.25) is 0 Å². The van der Waals surface area contributed by atoms with Crippen molar-refractivity contribution in [2.24, 2.45) is 0 Å². The number of fused-ring (bicyclic) bond motifs is 1. The van der Waals surface area contributed by atoms with Crippen LogP contribution in [0, 0.1) is 6.92 Å². The highest BCUT2D eigenvalue weighted by Gasteiger charge is 2.27. The molecule has 0 unspecified atom stereocenters. The predicted octanol–water partition coefficient (Wildman–Crippen LogP) is 4.78. The maximum Gasteiger partial charge on any atom is 0.199 e. The summed E-state index contributed by atoms with van der Waals surface area (Å²) in [5.41, 5.74) is 4.32. The smallest absolute Gasteiger partial charge is 0.199 e. The van der Waals surface area contributed by atoms with Crippen molar-refractivity contribution >= 4 is 22.7 Å². The molecule has 1 atom stereocenters. The fourth-order valence-electron chi connectivity index (χ4n) is 3.30. The molecule has 1 aliphatic rings. The van der Waals surface area contributed by atoms with Crippen molar-refractivity contribution in [3.8, 4) is 0 Å². The zero-order valence-electron chi connectivity index (χ0n) is 13.1. The topological polar surface area (TPSA) is 29.3 Å². The summed E-state index contributed by atoms with van der Waals surface area (Å²) in [5.74, 6) is 1.25. The van der Waals surface area contributed by atoms with Crippen molar-refractivity contribution < 1.29 is 4.42 Å². The van der Waals surface area contributed by atoms with Crippen LogP contribution in [-0.2, 0) is 6.54 Å². The average molecular weight is 327 g/mol. The van der Waals surface area contributed by atoms with Gasteiger partial charge in [-0.1, -0.05) is 29.8 Å². The van der Waals surface area contributed by atoms with E-state index in [1.807, 2.05) is 24.3 Å². The number of halogens is 1. The minimum atomic E-state index is 0.377. The van der Waals surface area contributed by atoms with Gasteiger partial charge >= 0.3 is 0 Å². The van der Waals surface area contributed by atoms with E-state index in [2.05, 4.69) is 30.0 Å². The van der Waals surface area contributed by atoms with Crippen LogP contribution in [0.1, 0.15) is 29.4 Å². The number of aryl methyl sites for hydroxylation is 1. The molecule has 2 aromatic carbocycles. The van der Waals surface area contributed by atoms with Crippen molar-refractivity contribution in [1.82, 2.24) is 9.88 Å². The van der Waals surface area contributed by atoms with E-state index in [9.17, 15) is 0 Å². The zero-order valence-corrected chi connectivity index (χ0v) is 13.9. The van der Waals surface area contributed by atoms with E-state index in [1.54, 1.807) is 0 Å². The molecule has 1 aromatic heterocycles. The Morgan fingerprint density at radius 2 is 2.17 bits per heavy atom. The van der Waals surface area contributed by atoms with Gasteiger partial charge in [0.05, 0.1) is 0 Å². The molecule has 1 saturated heterocycles. The first-order valence-corrected chi connectivity index (χ1v) is 8.39. The minimum Gasteiger partial charge on any atom is -0.440 e. The zero-order chi connectivity index (χ0) is 15.8. The molecule has 0 radical (unpaired) electrons. The van der Waals surface area contributed by atoms with Gasteiger partial charge in [-0.25, -0.2) is 4.98 Å². The first-order valence-electron chi connectivity index (χ1n) is 8.01. The second-order valence-electron chi connectivity index (χ2n) is 6.37. The molecule has 118 valence electrons. The van der Waals surface area contributed by atoms with Crippen LogP contribution in [0.3, 0.4) is 0 Å². The van der Waals surface area contributed by atoms with E-state index >= 15 is 0 Å². The lowest BCUT2D eigenvalue weighted by Crippen LogP contribution is -2.19. The molecule has 1 aliphatic heterocycles. The summed E-state index contributed by atoms with van der Waals surface area (Å²) >= 11 is 6.07. The molecule has 3 nitrogen and oxygen atoms in total. The molecule has 4 heteroatoms. The Hall–Kier alpha value is -1.84. The summed E-state index contributed by atoms with van der Waals surface area (Å²) in [4.78, 5) is 7.14. The molecule has 23 heavy (non-hydrogen) atoms. The number of benzene rings is 2.